The molecule has 0 spiro atoms. The summed E-state index contributed by atoms with van der Waals surface area (Å²) in [7, 11) is 0. The fourth-order valence-electron chi connectivity index (χ4n) is 1.36. The van der Waals surface area contributed by atoms with Crippen molar-refractivity contribution in [2.45, 2.75) is 18.9 Å². The molecule has 12 heavy (non-hydrogen) atoms. The first-order valence-corrected chi connectivity index (χ1v) is 4.04. The highest BCUT2D eigenvalue weighted by molar-refractivity contribution is 4.97. The molecular formula is C7H11N3O2. The maximum absolute atomic E-state index is 8.69. The average molecular weight is 169 g/mol. The number of aliphatic hydroxyl groups is 1. The second kappa shape index (κ2) is 3.20. The lowest BCUT2D eigenvalue weighted by molar-refractivity contribution is 0.262. The topological polar surface area (TPSA) is 71.2 Å². The van der Waals surface area contributed by atoms with Crippen LogP contribution in [-0.4, -0.2) is 28.3 Å². The van der Waals surface area contributed by atoms with Gasteiger partial charge in [-0.25, -0.2) is 0 Å². The molecule has 1 aliphatic heterocycles. The quantitative estimate of drug-likeness (QED) is 0.632. The van der Waals surface area contributed by atoms with Crippen molar-refractivity contribution in [2.24, 2.45) is 0 Å². The highest BCUT2D eigenvalue weighted by Gasteiger charge is 2.22. The second-order valence-electron chi connectivity index (χ2n) is 2.90. The van der Waals surface area contributed by atoms with Crippen molar-refractivity contribution >= 4 is 0 Å². The number of aromatic nitrogens is 2. The first-order valence-electron chi connectivity index (χ1n) is 4.04. The molecular weight excluding hydrogens is 158 g/mol. The van der Waals surface area contributed by atoms with Gasteiger partial charge >= 0.3 is 0 Å². The summed E-state index contributed by atoms with van der Waals surface area (Å²) in [6.07, 6.45) is 1.03. The first kappa shape index (κ1) is 7.70. The molecule has 0 saturated carbocycles. The van der Waals surface area contributed by atoms with Gasteiger partial charge in [-0.1, -0.05) is 5.16 Å². The molecule has 0 radical (unpaired) electrons. The molecule has 66 valence electrons. The predicted octanol–water partition coefficient (Wildman–Crippen LogP) is -0.361. The largest absolute Gasteiger partial charge is 0.388 e. The monoisotopic (exact) mass is 169 g/mol. The van der Waals surface area contributed by atoms with Crippen LogP contribution in [-0.2, 0) is 6.61 Å². The Morgan fingerprint density at radius 1 is 1.67 bits per heavy atom. The molecule has 1 fully saturated rings. The third kappa shape index (κ3) is 1.33. The van der Waals surface area contributed by atoms with E-state index in [2.05, 4.69) is 15.5 Å². The molecule has 2 N–H and O–H groups in total. The Labute approximate surface area is 69.8 Å². The number of rotatable bonds is 2. The van der Waals surface area contributed by atoms with Crippen LogP contribution < -0.4 is 5.32 Å². The Bertz CT molecular complexity index is 255. The minimum Gasteiger partial charge on any atom is -0.388 e. The third-order valence-electron chi connectivity index (χ3n) is 2.03. The molecule has 0 aliphatic carbocycles. The van der Waals surface area contributed by atoms with Crippen LogP contribution in [0.2, 0.25) is 0 Å². The molecule has 1 unspecified atom stereocenters. The van der Waals surface area contributed by atoms with Crippen molar-refractivity contribution in [3.05, 3.63) is 11.7 Å². The van der Waals surface area contributed by atoms with Gasteiger partial charge in [-0.3, -0.25) is 0 Å². The van der Waals surface area contributed by atoms with Crippen LogP contribution >= 0.6 is 0 Å². The van der Waals surface area contributed by atoms with Crippen molar-refractivity contribution in [3.8, 4) is 0 Å². The lowest BCUT2D eigenvalue weighted by Crippen LogP contribution is -2.08. The van der Waals surface area contributed by atoms with Gasteiger partial charge in [0, 0.05) is 6.54 Å². The van der Waals surface area contributed by atoms with Crippen LogP contribution in [0.25, 0.3) is 0 Å². The van der Waals surface area contributed by atoms with Crippen LogP contribution in [0, 0.1) is 0 Å². The number of nitrogens with one attached hydrogen (secondary N) is 1. The summed E-state index contributed by atoms with van der Waals surface area (Å²) >= 11 is 0. The van der Waals surface area contributed by atoms with Gasteiger partial charge in [0.15, 0.2) is 5.82 Å². The smallest absolute Gasteiger partial charge is 0.231 e. The second-order valence-corrected chi connectivity index (χ2v) is 2.90. The van der Waals surface area contributed by atoms with Crippen LogP contribution in [0.1, 0.15) is 24.1 Å². The molecule has 1 aliphatic rings. The van der Waals surface area contributed by atoms with Crippen LogP contribution in [0.15, 0.2) is 4.52 Å². The van der Waals surface area contributed by atoms with Gasteiger partial charge in [-0.05, 0) is 13.0 Å². The summed E-state index contributed by atoms with van der Waals surface area (Å²) in [6, 6.07) is 0. The van der Waals surface area contributed by atoms with Gasteiger partial charge in [0.2, 0.25) is 5.89 Å². The summed E-state index contributed by atoms with van der Waals surface area (Å²) in [4.78, 5) is 4.04. The van der Waals surface area contributed by atoms with Gasteiger partial charge in [0.05, 0.1) is 5.92 Å². The Morgan fingerprint density at radius 2 is 2.58 bits per heavy atom. The fraction of sp³-hybridized carbons (Fsp3) is 0.714. The van der Waals surface area contributed by atoms with E-state index in [1.165, 1.54) is 0 Å². The van der Waals surface area contributed by atoms with E-state index in [0.29, 0.717) is 17.6 Å². The Morgan fingerprint density at radius 3 is 3.17 bits per heavy atom. The van der Waals surface area contributed by atoms with E-state index >= 15 is 0 Å². The van der Waals surface area contributed by atoms with E-state index in [1.54, 1.807) is 0 Å². The molecule has 1 atom stereocenters. The maximum atomic E-state index is 8.69. The van der Waals surface area contributed by atoms with Crippen LogP contribution in [0.4, 0.5) is 0 Å². The van der Waals surface area contributed by atoms with E-state index < -0.39 is 0 Å². The SMILES string of the molecule is OCc1noc(C2CCNC2)n1. The molecule has 0 amide bonds. The molecule has 5 nitrogen and oxygen atoms in total. The standard InChI is InChI=1S/C7H11N3O2/c11-4-6-9-7(12-10-6)5-1-2-8-3-5/h5,8,11H,1-4H2. The van der Waals surface area contributed by atoms with Crippen LogP contribution in [0.5, 0.6) is 0 Å². The Kier molecular flexibility index (Phi) is 2.05. The van der Waals surface area contributed by atoms with E-state index in [1.807, 2.05) is 0 Å². The van der Waals surface area contributed by atoms with Crippen molar-refractivity contribution in [2.75, 3.05) is 13.1 Å². The lowest BCUT2D eigenvalue weighted by atomic mass is 10.1. The Hall–Kier alpha value is -0.940. The predicted molar refractivity (Wildman–Crippen MR) is 40.4 cm³/mol. The minimum absolute atomic E-state index is 0.149. The maximum Gasteiger partial charge on any atom is 0.231 e. The molecule has 2 heterocycles. The summed E-state index contributed by atoms with van der Waals surface area (Å²) in [5, 5.41) is 15.5. The average Bonchev–Trinajstić information content (AvgIpc) is 2.75. The summed E-state index contributed by atoms with van der Waals surface area (Å²) in [5.74, 6) is 1.35. The number of hydrogen-bond donors (Lipinski definition) is 2. The zero-order chi connectivity index (χ0) is 8.39. The summed E-state index contributed by atoms with van der Waals surface area (Å²) in [6.45, 7) is 1.75. The zero-order valence-corrected chi connectivity index (χ0v) is 6.66. The van der Waals surface area contributed by atoms with E-state index in [4.69, 9.17) is 9.63 Å². The van der Waals surface area contributed by atoms with Crippen LogP contribution in [0.3, 0.4) is 0 Å². The molecule has 1 saturated heterocycles. The van der Waals surface area contributed by atoms with Gasteiger partial charge in [-0.15, -0.1) is 0 Å². The van der Waals surface area contributed by atoms with Crippen molar-refractivity contribution in [1.29, 1.82) is 0 Å². The molecule has 1 aromatic rings. The van der Waals surface area contributed by atoms with Gasteiger partial charge < -0.3 is 14.9 Å². The molecule has 5 heteroatoms. The zero-order valence-electron chi connectivity index (χ0n) is 6.66. The molecule has 2 rings (SSSR count). The number of aliphatic hydroxyl groups excluding tert-OH is 1. The van der Waals surface area contributed by atoms with Crippen molar-refractivity contribution in [3.63, 3.8) is 0 Å². The van der Waals surface area contributed by atoms with E-state index in [9.17, 15) is 0 Å². The lowest BCUT2D eigenvalue weighted by Gasteiger charge is -1.98. The molecule has 1 aromatic heterocycles. The van der Waals surface area contributed by atoms with Gasteiger partial charge in [0.1, 0.15) is 6.61 Å². The molecule has 0 aromatic carbocycles. The normalized spacial score (nSPS) is 23.2. The number of hydrogen-bond acceptors (Lipinski definition) is 5. The summed E-state index contributed by atoms with van der Waals surface area (Å²) < 4.78 is 4.98. The third-order valence-corrected chi connectivity index (χ3v) is 2.03. The van der Waals surface area contributed by atoms with Crippen molar-refractivity contribution in [1.82, 2.24) is 15.5 Å². The fourth-order valence-corrected chi connectivity index (χ4v) is 1.36. The minimum atomic E-state index is -0.149. The highest BCUT2D eigenvalue weighted by Crippen LogP contribution is 2.19. The van der Waals surface area contributed by atoms with Gasteiger partial charge in [0.25, 0.3) is 0 Å². The van der Waals surface area contributed by atoms with E-state index in [0.717, 1.165) is 19.5 Å². The van der Waals surface area contributed by atoms with Crippen molar-refractivity contribution < 1.29 is 9.63 Å². The summed E-state index contributed by atoms with van der Waals surface area (Å²) in [5.41, 5.74) is 0. The Balaban J connectivity index is 2.11. The van der Waals surface area contributed by atoms with E-state index in [-0.39, 0.29) is 6.61 Å². The first-order chi connectivity index (χ1) is 5.90. The number of nitrogens with zero attached hydrogens (tertiary/aromatic N) is 2. The highest BCUT2D eigenvalue weighted by atomic mass is 16.5. The molecule has 0 bridgehead atoms. The van der Waals surface area contributed by atoms with Gasteiger partial charge in [-0.2, -0.15) is 4.98 Å².